The number of fused-ring (bicyclic) bond motifs is 2. The molecule has 4 aromatic carbocycles. The molecule has 1 aliphatic carbocycles. The number of likely N-dealkylation sites (tertiary alicyclic amines) is 1. The molecule has 2 N–H and O–H groups in total. The zero-order valence-corrected chi connectivity index (χ0v) is 32.7. The first-order chi connectivity index (χ1) is 27.8. The number of allylic oxidation sites excluding steroid dienone is 1. The van der Waals surface area contributed by atoms with Crippen molar-refractivity contribution in [2.24, 2.45) is 0 Å². The quantitative estimate of drug-likeness (QED) is 0.108. The Balaban J connectivity index is 1.11. The van der Waals surface area contributed by atoms with Crippen LogP contribution in [0.5, 0.6) is 5.75 Å². The van der Waals surface area contributed by atoms with Crippen molar-refractivity contribution in [2.75, 3.05) is 24.2 Å². The number of sulfonamides is 1. The molecule has 5 aromatic rings. The lowest BCUT2D eigenvalue weighted by atomic mass is 9.95. The molecule has 7 rings (SSSR count). The molecule has 0 radical (unpaired) electrons. The highest BCUT2D eigenvalue weighted by atomic mass is 32.2. The normalized spacial score (nSPS) is 15.1. The number of benzene rings is 4. The van der Waals surface area contributed by atoms with Gasteiger partial charge < -0.3 is 19.5 Å². The van der Waals surface area contributed by atoms with Gasteiger partial charge in [0.1, 0.15) is 12.4 Å². The van der Waals surface area contributed by atoms with Crippen LogP contribution in [0, 0.1) is 0 Å². The Bertz CT molecular complexity index is 2470. The molecule has 58 heavy (non-hydrogen) atoms. The standard InChI is InChI=1S/C44H45F3N4O6S/c45-44(46,47)21-9-25-58(55,56)49-42(53)34-14-7-15-35(26-34)48-40(52)16-8-24-51-38-20-18-33(30-10-1-2-11-30)28-37(38)41(43(54)50-22-5-6-23-50)39(51)29-57-36-19-17-31-12-3-4-13-32(31)27-36/h3-4,7,9,12-15,17-21,26-28,30H,1-2,5-6,8,10-11,16,22-25,29H2,(H,48,52)(H,49,53). The minimum atomic E-state index is -4.69. The molecule has 304 valence electrons. The molecule has 14 heteroatoms. The van der Waals surface area contributed by atoms with E-state index in [9.17, 15) is 36.0 Å². The van der Waals surface area contributed by atoms with E-state index in [1.807, 2.05) is 47.4 Å². The summed E-state index contributed by atoms with van der Waals surface area (Å²) in [6.07, 6.45) is 2.47. The first-order valence-electron chi connectivity index (χ1n) is 19.6. The van der Waals surface area contributed by atoms with Gasteiger partial charge in [-0.25, -0.2) is 13.1 Å². The summed E-state index contributed by atoms with van der Waals surface area (Å²) in [6.45, 7) is 1.92. The number of nitrogens with one attached hydrogen (secondary N) is 2. The van der Waals surface area contributed by atoms with E-state index in [0.717, 1.165) is 53.1 Å². The van der Waals surface area contributed by atoms with Crippen molar-refractivity contribution in [1.82, 2.24) is 14.2 Å². The topological polar surface area (TPSA) is 127 Å². The van der Waals surface area contributed by atoms with Crippen LogP contribution >= 0.6 is 0 Å². The zero-order valence-electron chi connectivity index (χ0n) is 31.9. The number of halogens is 3. The molecule has 1 aliphatic heterocycles. The second-order valence-electron chi connectivity index (χ2n) is 14.9. The number of nitrogens with zero attached hydrogens (tertiary/aromatic N) is 2. The van der Waals surface area contributed by atoms with E-state index >= 15 is 0 Å². The van der Waals surface area contributed by atoms with Gasteiger partial charge in [-0.1, -0.05) is 61.4 Å². The average molecular weight is 815 g/mol. The van der Waals surface area contributed by atoms with Crippen LogP contribution in [0.25, 0.3) is 21.7 Å². The Hall–Kier alpha value is -5.63. The third-order valence-corrected chi connectivity index (χ3v) is 11.9. The molecule has 1 saturated carbocycles. The van der Waals surface area contributed by atoms with Gasteiger partial charge in [-0.05, 0) is 96.8 Å². The summed E-state index contributed by atoms with van der Waals surface area (Å²) in [7, 11) is -4.40. The number of carbonyl (C=O) groups is 3. The summed E-state index contributed by atoms with van der Waals surface area (Å²) in [5, 5.41) is 5.76. The van der Waals surface area contributed by atoms with Gasteiger partial charge in [-0.15, -0.1) is 0 Å². The molecule has 0 spiro atoms. The number of aryl methyl sites for hydroxylation is 1. The lowest BCUT2D eigenvalue weighted by Gasteiger charge is -2.18. The molecule has 2 aliphatic rings. The minimum Gasteiger partial charge on any atom is -0.487 e. The Morgan fingerprint density at radius 2 is 1.62 bits per heavy atom. The third-order valence-electron chi connectivity index (χ3n) is 10.8. The monoisotopic (exact) mass is 814 g/mol. The maximum Gasteiger partial charge on any atom is 0.409 e. The van der Waals surface area contributed by atoms with Crippen LogP contribution in [0.4, 0.5) is 18.9 Å². The highest BCUT2D eigenvalue weighted by molar-refractivity contribution is 7.90. The molecule has 1 saturated heterocycles. The number of ether oxygens (including phenoxy) is 1. The molecule has 3 amide bonds. The van der Waals surface area contributed by atoms with Crippen molar-refractivity contribution in [1.29, 1.82) is 0 Å². The van der Waals surface area contributed by atoms with Crippen LogP contribution < -0.4 is 14.8 Å². The Kier molecular flexibility index (Phi) is 12.2. The van der Waals surface area contributed by atoms with E-state index in [1.54, 1.807) is 4.72 Å². The first kappa shape index (κ1) is 40.6. The van der Waals surface area contributed by atoms with E-state index in [0.29, 0.717) is 49.4 Å². The molecule has 0 unspecified atom stereocenters. The second kappa shape index (κ2) is 17.5. The molecule has 10 nitrogen and oxygen atoms in total. The molecule has 2 heterocycles. The van der Waals surface area contributed by atoms with Gasteiger partial charge in [0.2, 0.25) is 15.9 Å². The van der Waals surface area contributed by atoms with Gasteiger partial charge in [0.15, 0.2) is 0 Å². The van der Waals surface area contributed by atoms with E-state index in [2.05, 4.69) is 28.1 Å². The average Bonchev–Trinajstić information content (AvgIpc) is 3.98. The predicted molar refractivity (Wildman–Crippen MR) is 217 cm³/mol. The highest BCUT2D eigenvalue weighted by Crippen LogP contribution is 2.38. The third kappa shape index (κ3) is 9.90. The summed E-state index contributed by atoms with van der Waals surface area (Å²) < 4.78 is 71.9. The number of hydrogen-bond donors (Lipinski definition) is 2. The van der Waals surface area contributed by atoms with Crippen LogP contribution in [0.15, 0.2) is 97.1 Å². The molecule has 0 bridgehead atoms. The Morgan fingerprint density at radius 1 is 0.862 bits per heavy atom. The lowest BCUT2D eigenvalue weighted by Crippen LogP contribution is -2.32. The van der Waals surface area contributed by atoms with Crippen molar-refractivity contribution >= 4 is 55.1 Å². The molecular weight excluding hydrogens is 770 g/mol. The number of aromatic nitrogens is 1. The maximum atomic E-state index is 14.4. The maximum absolute atomic E-state index is 14.4. The highest BCUT2D eigenvalue weighted by Gasteiger charge is 2.30. The smallest absolute Gasteiger partial charge is 0.409 e. The van der Waals surface area contributed by atoms with E-state index in [4.69, 9.17) is 4.74 Å². The van der Waals surface area contributed by atoms with Crippen LogP contribution in [0.3, 0.4) is 0 Å². The van der Waals surface area contributed by atoms with Crippen LogP contribution in [0.2, 0.25) is 0 Å². The van der Waals surface area contributed by atoms with Crippen molar-refractivity contribution in [3.05, 3.63) is 119 Å². The fraction of sp³-hybridized carbons (Fsp3) is 0.341. The minimum absolute atomic E-state index is 0.0193. The number of anilines is 1. The van der Waals surface area contributed by atoms with Crippen molar-refractivity contribution in [2.45, 2.75) is 76.6 Å². The summed E-state index contributed by atoms with van der Waals surface area (Å²) in [5.41, 5.74) is 3.63. The van der Waals surface area contributed by atoms with E-state index in [-0.39, 0.29) is 42.2 Å². The second-order valence-corrected chi connectivity index (χ2v) is 16.7. The summed E-state index contributed by atoms with van der Waals surface area (Å²) in [6, 6.07) is 26.0. The SMILES string of the molecule is O=C(CCCn1c(COc2ccc3ccccc3c2)c(C(=O)N2CCCC2)c2cc(C3CCCC3)ccc21)Nc1cccc(C(=O)NS(=O)(=O)CC=CC(F)(F)F)c1. The lowest BCUT2D eigenvalue weighted by molar-refractivity contribution is -0.116. The van der Waals surface area contributed by atoms with Gasteiger partial charge >= 0.3 is 6.18 Å². The molecule has 1 aromatic heterocycles. The van der Waals surface area contributed by atoms with E-state index < -0.39 is 27.9 Å². The number of carbonyl (C=O) groups excluding carboxylic acids is 3. The molecule has 2 fully saturated rings. The number of hydrogen-bond acceptors (Lipinski definition) is 6. The van der Waals surface area contributed by atoms with E-state index in [1.165, 1.54) is 42.7 Å². The Labute approximate surface area is 335 Å². The molecule has 0 atom stereocenters. The van der Waals surface area contributed by atoms with Crippen LogP contribution in [0.1, 0.15) is 89.3 Å². The van der Waals surface area contributed by atoms with Gasteiger partial charge in [0.05, 0.1) is 17.0 Å². The van der Waals surface area contributed by atoms with Crippen molar-refractivity contribution in [3.8, 4) is 5.75 Å². The van der Waals surface area contributed by atoms with Crippen molar-refractivity contribution < 1.29 is 40.7 Å². The van der Waals surface area contributed by atoms with Gasteiger partial charge in [-0.2, -0.15) is 13.2 Å². The zero-order chi connectivity index (χ0) is 40.9. The largest absolute Gasteiger partial charge is 0.487 e. The van der Waals surface area contributed by atoms with Gasteiger partial charge in [0, 0.05) is 54.3 Å². The number of amides is 3. The summed E-state index contributed by atoms with van der Waals surface area (Å²) in [5.74, 6) is -1.35. The predicted octanol–water partition coefficient (Wildman–Crippen LogP) is 8.86. The fourth-order valence-corrected chi connectivity index (χ4v) is 8.81. The van der Waals surface area contributed by atoms with Gasteiger partial charge in [0.25, 0.3) is 11.8 Å². The number of rotatable bonds is 14. The first-order valence-corrected chi connectivity index (χ1v) is 21.2. The van der Waals surface area contributed by atoms with Gasteiger partial charge in [-0.3, -0.25) is 14.4 Å². The summed E-state index contributed by atoms with van der Waals surface area (Å²) in [4.78, 5) is 42.3. The fourth-order valence-electron chi connectivity index (χ4n) is 7.98. The van der Waals surface area contributed by atoms with Crippen LogP contribution in [-0.4, -0.2) is 60.6 Å². The number of alkyl halides is 3. The Morgan fingerprint density at radius 3 is 2.38 bits per heavy atom. The molecular formula is C44H45F3N4O6S. The van der Waals surface area contributed by atoms with Crippen LogP contribution in [-0.2, 0) is 28.0 Å². The summed E-state index contributed by atoms with van der Waals surface area (Å²) >= 11 is 0. The van der Waals surface area contributed by atoms with Crippen molar-refractivity contribution in [3.63, 3.8) is 0 Å².